The first-order valence-corrected chi connectivity index (χ1v) is 9.44. The number of thiophene rings is 2. The standard InChI is InChI=1S/C21H14S2/c1-2-6-15-14(5-1)13-18-16(15)7-3-8-17(18)19-10-11-21(23-19)20-9-4-12-22-20/h1-12H,13H2. The minimum absolute atomic E-state index is 1.05. The SMILES string of the molecule is c1csc(-c2ccc(-c3cccc4c3Cc3ccccc3-4)s2)c1. The van der Waals surface area contributed by atoms with E-state index in [2.05, 4.69) is 72.1 Å². The molecule has 2 heterocycles. The van der Waals surface area contributed by atoms with E-state index in [1.165, 1.54) is 42.4 Å². The van der Waals surface area contributed by atoms with Gasteiger partial charge in [0.1, 0.15) is 0 Å². The summed E-state index contributed by atoms with van der Waals surface area (Å²) in [4.78, 5) is 4.10. The van der Waals surface area contributed by atoms with Crippen LogP contribution in [0.2, 0.25) is 0 Å². The second-order valence-electron chi connectivity index (χ2n) is 5.81. The van der Waals surface area contributed by atoms with Crippen molar-refractivity contribution < 1.29 is 0 Å². The lowest BCUT2D eigenvalue weighted by atomic mass is 10.0. The monoisotopic (exact) mass is 330 g/mol. The molecule has 0 saturated carbocycles. The molecule has 2 heteroatoms. The number of fused-ring (bicyclic) bond motifs is 3. The highest BCUT2D eigenvalue weighted by Gasteiger charge is 2.21. The highest BCUT2D eigenvalue weighted by molar-refractivity contribution is 7.23. The summed E-state index contributed by atoms with van der Waals surface area (Å²) >= 11 is 3.71. The van der Waals surface area contributed by atoms with Crippen molar-refractivity contribution in [3.8, 4) is 31.3 Å². The van der Waals surface area contributed by atoms with Crippen LogP contribution in [-0.4, -0.2) is 0 Å². The summed E-state index contributed by atoms with van der Waals surface area (Å²) < 4.78 is 0. The first-order valence-electron chi connectivity index (χ1n) is 7.74. The van der Waals surface area contributed by atoms with Gasteiger partial charge in [-0.1, -0.05) is 48.5 Å². The van der Waals surface area contributed by atoms with Crippen molar-refractivity contribution in [1.82, 2.24) is 0 Å². The van der Waals surface area contributed by atoms with Gasteiger partial charge in [-0.2, -0.15) is 0 Å². The van der Waals surface area contributed by atoms with E-state index in [0.717, 1.165) is 6.42 Å². The van der Waals surface area contributed by atoms with E-state index < -0.39 is 0 Å². The molecule has 0 N–H and O–H groups in total. The van der Waals surface area contributed by atoms with Crippen LogP contribution < -0.4 is 0 Å². The molecule has 0 atom stereocenters. The Labute approximate surface area is 143 Å². The van der Waals surface area contributed by atoms with Crippen LogP contribution in [0.3, 0.4) is 0 Å². The van der Waals surface area contributed by atoms with Crippen LogP contribution in [0.15, 0.2) is 72.1 Å². The second-order valence-corrected chi connectivity index (χ2v) is 7.84. The summed E-state index contributed by atoms with van der Waals surface area (Å²) in [6, 6.07) is 24.4. The highest BCUT2D eigenvalue weighted by Crippen LogP contribution is 2.44. The van der Waals surface area contributed by atoms with E-state index in [0.29, 0.717) is 0 Å². The summed E-state index contributed by atoms with van der Waals surface area (Å²) in [6.07, 6.45) is 1.05. The summed E-state index contributed by atoms with van der Waals surface area (Å²) in [5.74, 6) is 0. The molecule has 0 spiro atoms. The Morgan fingerprint density at radius 2 is 1.43 bits per heavy atom. The molecule has 0 amide bonds. The topological polar surface area (TPSA) is 0 Å². The Kier molecular flexibility index (Phi) is 3.00. The lowest BCUT2D eigenvalue weighted by Crippen LogP contribution is -1.85. The predicted octanol–water partition coefficient (Wildman–Crippen LogP) is 6.71. The van der Waals surface area contributed by atoms with Crippen molar-refractivity contribution in [1.29, 1.82) is 0 Å². The van der Waals surface area contributed by atoms with E-state index in [1.54, 1.807) is 0 Å². The Morgan fingerprint density at radius 1 is 0.609 bits per heavy atom. The van der Waals surface area contributed by atoms with Gasteiger partial charge in [-0.3, -0.25) is 0 Å². The maximum absolute atomic E-state index is 2.28. The van der Waals surface area contributed by atoms with Gasteiger partial charge >= 0.3 is 0 Å². The largest absolute Gasteiger partial charge is 0.143 e. The zero-order chi connectivity index (χ0) is 15.2. The molecule has 2 aromatic heterocycles. The molecule has 0 nitrogen and oxygen atoms in total. The van der Waals surface area contributed by atoms with Gasteiger partial charge in [-0.25, -0.2) is 0 Å². The Hall–Kier alpha value is -2.16. The maximum atomic E-state index is 2.28. The van der Waals surface area contributed by atoms with Crippen molar-refractivity contribution in [2.45, 2.75) is 6.42 Å². The molecule has 0 bridgehead atoms. The molecule has 23 heavy (non-hydrogen) atoms. The number of hydrogen-bond acceptors (Lipinski definition) is 2. The van der Waals surface area contributed by atoms with E-state index >= 15 is 0 Å². The third kappa shape index (κ3) is 2.10. The summed E-state index contributed by atoms with van der Waals surface area (Å²) in [5, 5.41) is 2.14. The molecular formula is C21H14S2. The van der Waals surface area contributed by atoms with Gasteiger partial charge in [0.05, 0.1) is 0 Å². The van der Waals surface area contributed by atoms with E-state index in [4.69, 9.17) is 0 Å². The molecule has 5 rings (SSSR count). The van der Waals surface area contributed by atoms with Gasteiger partial charge in [0, 0.05) is 14.6 Å². The molecule has 0 radical (unpaired) electrons. The van der Waals surface area contributed by atoms with Crippen LogP contribution in [-0.2, 0) is 6.42 Å². The minimum atomic E-state index is 1.05. The zero-order valence-electron chi connectivity index (χ0n) is 12.5. The Bertz CT molecular complexity index is 990. The van der Waals surface area contributed by atoms with Gasteiger partial charge in [-0.15, -0.1) is 22.7 Å². The zero-order valence-corrected chi connectivity index (χ0v) is 14.1. The number of rotatable bonds is 2. The summed E-state index contributed by atoms with van der Waals surface area (Å²) in [6.45, 7) is 0. The van der Waals surface area contributed by atoms with Crippen molar-refractivity contribution in [2.75, 3.05) is 0 Å². The predicted molar refractivity (Wildman–Crippen MR) is 101 cm³/mol. The normalized spacial score (nSPS) is 12.2. The molecule has 0 unspecified atom stereocenters. The maximum Gasteiger partial charge on any atom is 0.0449 e. The third-order valence-electron chi connectivity index (χ3n) is 4.49. The molecule has 2 aromatic carbocycles. The van der Waals surface area contributed by atoms with Crippen LogP contribution in [0.1, 0.15) is 11.1 Å². The van der Waals surface area contributed by atoms with E-state index in [9.17, 15) is 0 Å². The van der Waals surface area contributed by atoms with Crippen molar-refractivity contribution in [2.24, 2.45) is 0 Å². The van der Waals surface area contributed by atoms with E-state index in [1.807, 2.05) is 22.7 Å². The number of benzene rings is 2. The molecule has 0 aliphatic heterocycles. The fourth-order valence-electron chi connectivity index (χ4n) is 3.42. The van der Waals surface area contributed by atoms with E-state index in [-0.39, 0.29) is 0 Å². The average Bonchev–Trinajstić information content (AvgIpc) is 3.32. The minimum Gasteiger partial charge on any atom is -0.143 e. The van der Waals surface area contributed by atoms with Gasteiger partial charge < -0.3 is 0 Å². The summed E-state index contributed by atoms with van der Waals surface area (Å²) in [5.41, 5.74) is 7.13. The second kappa shape index (κ2) is 5.19. The van der Waals surface area contributed by atoms with Gasteiger partial charge in [0.2, 0.25) is 0 Å². The van der Waals surface area contributed by atoms with Crippen LogP contribution in [0.4, 0.5) is 0 Å². The first kappa shape index (κ1) is 13.3. The van der Waals surface area contributed by atoms with Crippen LogP contribution in [0.5, 0.6) is 0 Å². The molecule has 110 valence electrons. The molecule has 4 aromatic rings. The quantitative estimate of drug-likeness (QED) is 0.337. The lowest BCUT2D eigenvalue weighted by Gasteiger charge is -2.06. The smallest absolute Gasteiger partial charge is 0.0449 e. The van der Waals surface area contributed by atoms with Crippen molar-refractivity contribution >= 4 is 22.7 Å². The molecular weight excluding hydrogens is 316 g/mol. The Morgan fingerprint density at radius 3 is 2.35 bits per heavy atom. The molecule has 0 saturated heterocycles. The lowest BCUT2D eigenvalue weighted by molar-refractivity contribution is 1.27. The van der Waals surface area contributed by atoms with Crippen LogP contribution >= 0.6 is 22.7 Å². The first-order chi connectivity index (χ1) is 11.4. The fraction of sp³-hybridized carbons (Fsp3) is 0.0476. The summed E-state index contributed by atoms with van der Waals surface area (Å²) in [7, 11) is 0. The molecule has 1 aliphatic rings. The molecule has 1 aliphatic carbocycles. The molecule has 0 fully saturated rings. The van der Waals surface area contributed by atoms with Gasteiger partial charge in [0.15, 0.2) is 0 Å². The third-order valence-corrected chi connectivity index (χ3v) is 6.67. The van der Waals surface area contributed by atoms with Crippen molar-refractivity contribution in [3.63, 3.8) is 0 Å². The van der Waals surface area contributed by atoms with Gasteiger partial charge in [0.25, 0.3) is 0 Å². The van der Waals surface area contributed by atoms with Gasteiger partial charge in [-0.05, 0) is 57.8 Å². The average molecular weight is 330 g/mol. The van der Waals surface area contributed by atoms with Crippen molar-refractivity contribution in [3.05, 3.63) is 83.2 Å². The van der Waals surface area contributed by atoms with Crippen LogP contribution in [0, 0.1) is 0 Å². The highest BCUT2D eigenvalue weighted by atomic mass is 32.1. The van der Waals surface area contributed by atoms with Crippen LogP contribution in [0.25, 0.3) is 31.3 Å². The fourth-order valence-corrected chi connectivity index (χ4v) is 5.32. The Balaban J connectivity index is 1.64. The number of hydrogen-bond donors (Lipinski definition) is 0.